The van der Waals surface area contributed by atoms with Gasteiger partial charge in [-0.3, -0.25) is 9.59 Å². The zero-order chi connectivity index (χ0) is 20.5. The molecule has 2 heterocycles. The molecule has 0 saturated carbocycles. The molecule has 0 spiro atoms. The third kappa shape index (κ3) is 3.78. The van der Waals surface area contributed by atoms with Gasteiger partial charge in [-0.05, 0) is 65.7 Å². The summed E-state index contributed by atoms with van der Waals surface area (Å²) in [6.07, 6.45) is 1.66. The van der Waals surface area contributed by atoms with Crippen LogP contribution in [0.25, 0.3) is 10.9 Å². The Kier molecular flexibility index (Phi) is 5.16. The molecule has 0 atom stereocenters. The van der Waals surface area contributed by atoms with Gasteiger partial charge in [0, 0.05) is 17.1 Å². The summed E-state index contributed by atoms with van der Waals surface area (Å²) in [4.78, 5) is 30.9. The Morgan fingerprint density at radius 1 is 1.00 bits per heavy atom. The lowest BCUT2D eigenvalue weighted by Crippen LogP contribution is -2.21. The summed E-state index contributed by atoms with van der Waals surface area (Å²) in [6, 6.07) is 18.8. The largest absolute Gasteiger partial charge is 0.340 e. The molecule has 2 aromatic carbocycles. The number of ketones is 1. The maximum atomic E-state index is 13.3. The molecular weight excluding hydrogens is 428 g/mol. The Balaban J connectivity index is 1.91. The Bertz CT molecular complexity index is 1310. The van der Waals surface area contributed by atoms with Crippen LogP contribution >= 0.6 is 15.9 Å². The Morgan fingerprint density at radius 3 is 2.59 bits per heavy atom. The molecular formula is C24H19BrN2O2. The highest BCUT2D eigenvalue weighted by Gasteiger charge is 2.19. The van der Waals surface area contributed by atoms with Crippen LogP contribution in [0.1, 0.15) is 32.7 Å². The Hall–Kier alpha value is -3.05. The van der Waals surface area contributed by atoms with E-state index >= 15 is 0 Å². The summed E-state index contributed by atoms with van der Waals surface area (Å²) in [6.45, 7) is 4.28. The first-order valence-corrected chi connectivity index (χ1v) is 10.1. The second-order valence-electron chi connectivity index (χ2n) is 7.12. The van der Waals surface area contributed by atoms with Crippen LogP contribution in [0.2, 0.25) is 0 Å². The number of aryl methyl sites for hydroxylation is 2. The van der Waals surface area contributed by atoms with Gasteiger partial charge in [-0.2, -0.15) is 0 Å². The Labute approximate surface area is 177 Å². The van der Waals surface area contributed by atoms with E-state index in [1.807, 2.05) is 73.0 Å². The number of para-hydroxylation sites is 1. The molecule has 0 aliphatic carbocycles. The van der Waals surface area contributed by atoms with Gasteiger partial charge in [0.25, 0.3) is 0 Å². The normalized spacial score (nSPS) is 11.0. The lowest BCUT2D eigenvalue weighted by Gasteiger charge is -2.14. The van der Waals surface area contributed by atoms with Gasteiger partial charge in [0.1, 0.15) is 4.60 Å². The van der Waals surface area contributed by atoms with Crippen molar-refractivity contribution >= 4 is 32.6 Å². The number of rotatable bonds is 4. The fourth-order valence-corrected chi connectivity index (χ4v) is 3.86. The van der Waals surface area contributed by atoms with Crippen molar-refractivity contribution in [1.82, 2.24) is 9.55 Å². The Morgan fingerprint density at radius 2 is 1.79 bits per heavy atom. The number of nitrogens with zero attached hydrogens (tertiary/aromatic N) is 2. The average Bonchev–Trinajstić information content (AvgIpc) is 2.71. The zero-order valence-corrected chi connectivity index (χ0v) is 17.7. The first-order valence-electron chi connectivity index (χ1n) is 9.29. The van der Waals surface area contributed by atoms with Crippen molar-refractivity contribution in [2.45, 2.75) is 20.4 Å². The topological polar surface area (TPSA) is 52.0 Å². The number of pyridine rings is 2. The highest BCUT2D eigenvalue weighted by atomic mass is 79.9. The molecule has 0 amide bonds. The van der Waals surface area contributed by atoms with Crippen molar-refractivity contribution in [3.05, 3.63) is 110 Å². The minimum absolute atomic E-state index is 0.174. The number of halogens is 1. The third-order valence-corrected chi connectivity index (χ3v) is 5.42. The number of aromatic nitrogens is 2. The van der Waals surface area contributed by atoms with E-state index in [1.165, 1.54) is 0 Å². The minimum atomic E-state index is -0.252. The summed E-state index contributed by atoms with van der Waals surface area (Å²) in [7, 11) is 0. The second-order valence-corrected chi connectivity index (χ2v) is 7.93. The van der Waals surface area contributed by atoms with Crippen LogP contribution in [0, 0.1) is 13.8 Å². The molecule has 0 saturated heterocycles. The number of hydrogen-bond acceptors (Lipinski definition) is 3. The van der Waals surface area contributed by atoms with Crippen molar-refractivity contribution in [2.24, 2.45) is 0 Å². The van der Waals surface area contributed by atoms with E-state index in [0.717, 1.165) is 26.9 Å². The van der Waals surface area contributed by atoms with Gasteiger partial charge in [0.05, 0.1) is 23.3 Å². The summed E-state index contributed by atoms with van der Waals surface area (Å²) in [5, 5.41) is 0.527. The van der Waals surface area contributed by atoms with E-state index in [4.69, 9.17) is 0 Å². The fourth-order valence-electron chi connectivity index (χ4n) is 3.48. The fraction of sp³-hybridized carbons (Fsp3) is 0.125. The number of carbonyl (C=O) groups excluding carboxylic acids is 1. The van der Waals surface area contributed by atoms with E-state index in [9.17, 15) is 9.59 Å². The number of hydrogen-bond donors (Lipinski definition) is 0. The molecule has 4 nitrogen and oxygen atoms in total. The van der Waals surface area contributed by atoms with Crippen LogP contribution in [0.4, 0.5) is 0 Å². The van der Waals surface area contributed by atoms with Crippen LogP contribution in [-0.4, -0.2) is 15.3 Å². The molecule has 0 N–H and O–H groups in total. The molecule has 144 valence electrons. The molecule has 29 heavy (non-hydrogen) atoms. The summed E-state index contributed by atoms with van der Waals surface area (Å²) in [5.41, 5.74) is 3.93. The predicted molar refractivity (Wildman–Crippen MR) is 119 cm³/mol. The van der Waals surface area contributed by atoms with E-state index < -0.39 is 0 Å². The quantitative estimate of drug-likeness (QED) is 0.325. The van der Waals surface area contributed by atoms with Crippen LogP contribution in [0.5, 0.6) is 0 Å². The molecule has 0 radical (unpaired) electrons. The van der Waals surface area contributed by atoms with E-state index in [0.29, 0.717) is 17.5 Å². The monoisotopic (exact) mass is 446 g/mol. The van der Waals surface area contributed by atoms with Crippen molar-refractivity contribution < 1.29 is 4.79 Å². The lowest BCUT2D eigenvalue weighted by atomic mass is 9.97. The van der Waals surface area contributed by atoms with E-state index in [-0.39, 0.29) is 16.8 Å². The number of fused-ring (bicyclic) bond motifs is 1. The summed E-state index contributed by atoms with van der Waals surface area (Å²) >= 11 is 3.40. The van der Waals surface area contributed by atoms with Gasteiger partial charge in [-0.25, -0.2) is 4.98 Å². The standard InChI is InChI=1S/C24H19BrN2O2/c1-15-10-11-16(2)19(12-15)24(29)20-14-27(13-17-6-5-9-22(25)26-17)21-8-4-3-7-18(21)23(20)28/h3-12,14H,13H2,1-2H3. The lowest BCUT2D eigenvalue weighted by molar-refractivity contribution is 0.103. The maximum Gasteiger partial charge on any atom is 0.200 e. The van der Waals surface area contributed by atoms with Gasteiger partial charge < -0.3 is 4.57 Å². The maximum absolute atomic E-state index is 13.3. The van der Waals surface area contributed by atoms with Crippen molar-refractivity contribution in [3.8, 4) is 0 Å². The molecule has 0 unspecified atom stereocenters. The van der Waals surface area contributed by atoms with E-state index in [2.05, 4.69) is 20.9 Å². The van der Waals surface area contributed by atoms with Gasteiger partial charge in [0.2, 0.25) is 5.43 Å². The molecule has 5 heteroatoms. The highest BCUT2D eigenvalue weighted by molar-refractivity contribution is 9.10. The first-order chi connectivity index (χ1) is 13.9. The minimum Gasteiger partial charge on any atom is -0.340 e. The summed E-state index contributed by atoms with van der Waals surface area (Å²) in [5.74, 6) is -0.252. The average molecular weight is 447 g/mol. The van der Waals surface area contributed by atoms with Gasteiger partial charge in [0.15, 0.2) is 5.78 Å². The van der Waals surface area contributed by atoms with Crippen molar-refractivity contribution in [2.75, 3.05) is 0 Å². The first kappa shape index (κ1) is 19.3. The molecule has 0 aliphatic rings. The molecule has 2 aromatic heterocycles. The van der Waals surface area contributed by atoms with Crippen LogP contribution in [0.3, 0.4) is 0 Å². The number of carbonyl (C=O) groups is 1. The molecule has 0 fully saturated rings. The smallest absolute Gasteiger partial charge is 0.200 e. The molecule has 4 aromatic rings. The second kappa shape index (κ2) is 7.76. The van der Waals surface area contributed by atoms with Crippen LogP contribution in [0.15, 0.2) is 76.3 Å². The molecule has 0 aliphatic heterocycles. The van der Waals surface area contributed by atoms with Gasteiger partial charge in [-0.15, -0.1) is 0 Å². The number of benzene rings is 2. The van der Waals surface area contributed by atoms with Crippen LogP contribution < -0.4 is 5.43 Å². The molecule has 4 rings (SSSR count). The zero-order valence-electron chi connectivity index (χ0n) is 16.1. The van der Waals surface area contributed by atoms with Crippen molar-refractivity contribution in [3.63, 3.8) is 0 Å². The van der Waals surface area contributed by atoms with Gasteiger partial charge >= 0.3 is 0 Å². The predicted octanol–water partition coefficient (Wildman–Crippen LogP) is 5.06. The van der Waals surface area contributed by atoms with Crippen molar-refractivity contribution in [1.29, 1.82) is 0 Å². The van der Waals surface area contributed by atoms with Crippen LogP contribution in [-0.2, 0) is 6.54 Å². The SMILES string of the molecule is Cc1ccc(C)c(C(=O)c2cn(Cc3cccc(Br)n3)c3ccccc3c2=O)c1. The molecule has 0 bridgehead atoms. The van der Waals surface area contributed by atoms with Gasteiger partial charge in [-0.1, -0.05) is 35.9 Å². The third-order valence-electron chi connectivity index (χ3n) is 4.98. The summed E-state index contributed by atoms with van der Waals surface area (Å²) < 4.78 is 2.66. The highest BCUT2D eigenvalue weighted by Crippen LogP contribution is 2.19. The van der Waals surface area contributed by atoms with E-state index in [1.54, 1.807) is 12.3 Å².